The topological polar surface area (TPSA) is 70.2 Å². The fraction of sp³-hybridized carbons (Fsp3) is 0.567. The minimum absolute atomic E-state index is 0.160. The molecule has 0 spiro atoms. The van der Waals surface area contributed by atoms with E-state index < -0.39 is 45.4 Å². The average molecular weight is 574 g/mol. The van der Waals surface area contributed by atoms with Crippen molar-refractivity contribution < 1.29 is 26.7 Å². The van der Waals surface area contributed by atoms with Gasteiger partial charge in [0.05, 0.1) is 17.0 Å². The van der Waals surface area contributed by atoms with Crippen molar-refractivity contribution in [1.82, 2.24) is 14.1 Å². The number of amides is 1. The molecular weight excluding hydrogens is 536 g/mol. The van der Waals surface area contributed by atoms with Crippen LogP contribution in [0.5, 0.6) is 0 Å². The van der Waals surface area contributed by atoms with E-state index in [0.29, 0.717) is 56.8 Å². The largest absolute Gasteiger partial charge is 0.441 e. The molecule has 216 valence electrons. The lowest BCUT2D eigenvalue weighted by atomic mass is 9.90. The molecule has 2 atom stereocenters. The molecule has 3 saturated heterocycles. The number of sulfonamides is 1. The van der Waals surface area contributed by atoms with E-state index in [-0.39, 0.29) is 4.90 Å². The number of halogens is 2. The number of rotatable bonds is 6. The Morgan fingerprint density at radius 2 is 1.52 bits per heavy atom. The normalized spacial score (nSPS) is 26.1. The predicted octanol–water partition coefficient (Wildman–Crippen LogP) is 5.48. The molecule has 2 aromatic rings. The molecular formula is C30H37F2N3O4S. The average Bonchev–Trinajstić information content (AvgIpc) is 3.52. The second-order valence-electron chi connectivity index (χ2n) is 11.7. The zero-order valence-corrected chi connectivity index (χ0v) is 23.5. The smallest absolute Gasteiger partial charge is 0.410 e. The third-order valence-electron chi connectivity index (χ3n) is 9.19. The number of carbonyl (C=O) groups excluding carboxylic acids is 1. The van der Waals surface area contributed by atoms with Gasteiger partial charge in [0.15, 0.2) is 0 Å². The monoisotopic (exact) mass is 573 g/mol. The zero-order valence-electron chi connectivity index (χ0n) is 22.7. The van der Waals surface area contributed by atoms with Crippen LogP contribution >= 0.6 is 0 Å². The maximum absolute atomic E-state index is 14.3. The van der Waals surface area contributed by atoms with E-state index in [1.807, 2.05) is 0 Å². The zero-order chi connectivity index (χ0) is 27.9. The van der Waals surface area contributed by atoms with Gasteiger partial charge in [-0.1, -0.05) is 18.2 Å². The second-order valence-corrected chi connectivity index (χ2v) is 13.5. The molecule has 7 nitrogen and oxygen atoms in total. The molecule has 0 aromatic heterocycles. The van der Waals surface area contributed by atoms with Crippen molar-refractivity contribution in [1.29, 1.82) is 0 Å². The van der Waals surface area contributed by atoms with Crippen LogP contribution in [0.25, 0.3) is 0 Å². The first-order valence-electron chi connectivity index (χ1n) is 14.5. The predicted molar refractivity (Wildman–Crippen MR) is 146 cm³/mol. The van der Waals surface area contributed by atoms with Crippen LogP contribution < -0.4 is 0 Å². The van der Waals surface area contributed by atoms with Crippen LogP contribution in [0.4, 0.5) is 13.6 Å². The Morgan fingerprint density at radius 1 is 0.850 bits per heavy atom. The number of hydrogen-bond donors (Lipinski definition) is 0. The molecule has 0 radical (unpaired) electrons. The Labute approximate surface area is 235 Å². The van der Waals surface area contributed by atoms with Crippen LogP contribution in [-0.2, 0) is 14.8 Å². The number of hydrogen-bond acceptors (Lipinski definition) is 5. The van der Waals surface area contributed by atoms with Gasteiger partial charge >= 0.3 is 6.09 Å². The van der Waals surface area contributed by atoms with E-state index >= 15 is 0 Å². The molecule has 2 aromatic carbocycles. The van der Waals surface area contributed by atoms with Crippen molar-refractivity contribution in [2.24, 2.45) is 0 Å². The first kappa shape index (κ1) is 27.6. The summed E-state index contributed by atoms with van der Waals surface area (Å²) in [6, 6.07) is 10.2. The molecule has 3 aliphatic heterocycles. The molecule has 1 saturated carbocycles. The molecule has 10 heteroatoms. The SMILES string of the molecule is O=C(OC1([C@H]2CCC[C@@H](c3cccc(F)c3)N2S(=O)(=O)c2cccc(F)c2)CC1)N1CCC(N2CCCC2)CC1. The highest BCUT2D eigenvalue weighted by Gasteiger charge is 2.60. The fourth-order valence-electron chi connectivity index (χ4n) is 6.97. The summed E-state index contributed by atoms with van der Waals surface area (Å²) in [5, 5.41) is 0. The molecule has 40 heavy (non-hydrogen) atoms. The highest BCUT2D eigenvalue weighted by molar-refractivity contribution is 7.89. The van der Waals surface area contributed by atoms with E-state index in [1.54, 1.807) is 17.0 Å². The van der Waals surface area contributed by atoms with Crippen LogP contribution in [0.1, 0.15) is 69.4 Å². The molecule has 1 amide bonds. The van der Waals surface area contributed by atoms with Gasteiger partial charge in [-0.2, -0.15) is 4.31 Å². The quantitative estimate of drug-likeness (QED) is 0.458. The number of nitrogens with zero attached hydrogens (tertiary/aromatic N) is 3. The number of ether oxygens (including phenoxy) is 1. The Bertz CT molecular complexity index is 1340. The summed E-state index contributed by atoms with van der Waals surface area (Å²) in [5.41, 5.74) is -0.411. The second kappa shape index (κ2) is 11.0. The van der Waals surface area contributed by atoms with Gasteiger partial charge in [-0.3, -0.25) is 0 Å². The van der Waals surface area contributed by atoms with E-state index in [1.165, 1.54) is 47.5 Å². The van der Waals surface area contributed by atoms with Crippen molar-refractivity contribution in [2.75, 3.05) is 26.2 Å². The van der Waals surface area contributed by atoms with Crippen LogP contribution in [0.15, 0.2) is 53.4 Å². The third kappa shape index (κ3) is 5.37. The summed E-state index contributed by atoms with van der Waals surface area (Å²) in [5.74, 6) is -1.10. The summed E-state index contributed by atoms with van der Waals surface area (Å²) in [6.45, 7) is 3.50. The van der Waals surface area contributed by atoms with Crippen LogP contribution in [-0.4, -0.2) is 72.5 Å². The lowest BCUT2D eigenvalue weighted by molar-refractivity contribution is -0.0134. The highest BCUT2D eigenvalue weighted by Crippen LogP contribution is 2.52. The van der Waals surface area contributed by atoms with Gasteiger partial charge in [0, 0.05) is 19.1 Å². The number of carbonyl (C=O) groups is 1. The van der Waals surface area contributed by atoms with E-state index in [2.05, 4.69) is 4.90 Å². The summed E-state index contributed by atoms with van der Waals surface area (Å²) < 4.78 is 64.3. The third-order valence-corrected chi connectivity index (χ3v) is 11.1. The van der Waals surface area contributed by atoms with Crippen LogP contribution in [0.3, 0.4) is 0 Å². The van der Waals surface area contributed by atoms with Gasteiger partial charge in [-0.15, -0.1) is 0 Å². The summed E-state index contributed by atoms with van der Waals surface area (Å²) in [6.07, 6.45) is 6.69. The molecule has 6 rings (SSSR count). The Hall–Kier alpha value is -2.56. The van der Waals surface area contributed by atoms with Crippen molar-refractivity contribution in [2.45, 2.75) is 86.4 Å². The van der Waals surface area contributed by atoms with Gasteiger partial charge in [0.1, 0.15) is 17.2 Å². The Kier molecular flexibility index (Phi) is 7.61. The highest BCUT2D eigenvalue weighted by atomic mass is 32.2. The van der Waals surface area contributed by atoms with E-state index in [9.17, 15) is 22.0 Å². The maximum atomic E-state index is 14.3. The minimum atomic E-state index is -4.20. The molecule has 4 fully saturated rings. The van der Waals surface area contributed by atoms with Crippen molar-refractivity contribution >= 4 is 16.1 Å². The van der Waals surface area contributed by atoms with Crippen LogP contribution in [0.2, 0.25) is 0 Å². The lowest BCUT2D eigenvalue weighted by Gasteiger charge is -2.45. The van der Waals surface area contributed by atoms with Gasteiger partial charge in [0.25, 0.3) is 0 Å². The van der Waals surface area contributed by atoms with Crippen LogP contribution in [0, 0.1) is 11.6 Å². The standard InChI is InChI=1S/C30H37F2N3O4S/c31-23-7-3-6-22(20-23)27-10-5-11-28(35(27)40(37,38)26-9-4-8-24(32)21-26)30(14-15-30)39-29(36)34-18-12-25(13-19-34)33-16-1-2-17-33/h3-4,6-9,20-21,25,27-28H,1-2,5,10-19H2/t27-,28+/m0/s1. The first-order chi connectivity index (χ1) is 19.3. The molecule has 0 N–H and O–H groups in total. The number of piperidine rings is 2. The van der Waals surface area contributed by atoms with E-state index in [0.717, 1.165) is 32.0 Å². The molecule has 4 aliphatic rings. The Balaban J connectivity index is 1.26. The van der Waals surface area contributed by atoms with Gasteiger partial charge in [-0.05, 0) is 107 Å². The van der Waals surface area contributed by atoms with Crippen molar-refractivity contribution in [3.63, 3.8) is 0 Å². The summed E-state index contributed by atoms with van der Waals surface area (Å²) >= 11 is 0. The molecule has 3 heterocycles. The number of likely N-dealkylation sites (tertiary alicyclic amines) is 2. The Morgan fingerprint density at radius 3 is 2.17 bits per heavy atom. The molecule has 0 unspecified atom stereocenters. The van der Waals surface area contributed by atoms with Crippen molar-refractivity contribution in [3.8, 4) is 0 Å². The summed E-state index contributed by atoms with van der Waals surface area (Å²) in [7, 11) is -4.20. The van der Waals surface area contributed by atoms with Gasteiger partial charge < -0.3 is 14.5 Å². The van der Waals surface area contributed by atoms with Crippen molar-refractivity contribution in [3.05, 3.63) is 65.7 Å². The summed E-state index contributed by atoms with van der Waals surface area (Å²) in [4.78, 5) is 17.5. The fourth-order valence-corrected chi connectivity index (χ4v) is 8.92. The molecule has 1 aliphatic carbocycles. The minimum Gasteiger partial charge on any atom is -0.441 e. The first-order valence-corrected chi connectivity index (χ1v) is 16.0. The maximum Gasteiger partial charge on any atom is 0.410 e. The molecule has 0 bridgehead atoms. The number of benzene rings is 2. The lowest BCUT2D eigenvalue weighted by Crippen LogP contribution is -2.55. The van der Waals surface area contributed by atoms with Gasteiger partial charge in [-0.25, -0.2) is 22.0 Å². The van der Waals surface area contributed by atoms with Gasteiger partial charge in [0.2, 0.25) is 10.0 Å². The van der Waals surface area contributed by atoms with E-state index in [4.69, 9.17) is 4.74 Å².